The van der Waals surface area contributed by atoms with Gasteiger partial charge in [-0.15, -0.1) is 0 Å². The predicted molar refractivity (Wildman–Crippen MR) is 87.7 cm³/mol. The molecule has 0 aliphatic carbocycles. The molecule has 1 aromatic heterocycles. The first-order chi connectivity index (χ1) is 10.4. The number of fused-ring (bicyclic) bond motifs is 1. The number of amides is 1. The summed E-state index contributed by atoms with van der Waals surface area (Å²) in [5.74, 6) is -0.249. The number of nitrogens with zero attached hydrogens (tertiary/aromatic N) is 1. The van der Waals surface area contributed by atoms with Gasteiger partial charge in [0, 0.05) is 18.7 Å². The molecule has 22 heavy (non-hydrogen) atoms. The van der Waals surface area contributed by atoms with Crippen LogP contribution in [0.15, 0.2) is 23.0 Å². The first kappa shape index (κ1) is 16.4. The van der Waals surface area contributed by atoms with Crippen molar-refractivity contribution < 1.29 is 9.90 Å². The standard InChI is InChI=1S/C15H19N3O3S/c1-3-18-14(21)11-5-4-10(8-12(11)17-15(18)22)13(20)16-7-6-9(2)19/h4-5,8-9,19H,3,6-7H2,1-2H3,(H,16,20)(H,17,22)/t9-/m0/s1. The van der Waals surface area contributed by atoms with Gasteiger partial charge >= 0.3 is 0 Å². The van der Waals surface area contributed by atoms with Crippen molar-refractivity contribution in [2.24, 2.45) is 0 Å². The van der Waals surface area contributed by atoms with Gasteiger partial charge in [-0.25, -0.2) is 0 Å². The van der Waals surface area contributed by atoms with Crippen molar-refractivity contribution in [3.05, 3.63) is 38.9 Å². The summed E-state index contributed by atoms with van der Waals surface area (Å²) in [6, 6.07) is 4.85. The molecule has 0 bridgehead atoms. The van der Waals surface area contributed by atoms with Crippen molar-refractivity contribution in [2.75, 3.05) is 6.54 Å². The molecular weight excluding hydrogens is 302 g/mol. The molecule has 0 saturated carbocycles. The van der Waals surface area contributed by atoms with Crippen molar-refractivity contribution in [1.29, 1.82) is 0 Å². The van der Waals surface area contributed by atoms with Crippen LogP contribution in [0.25, 0.3) is 10.9 Å². The summed E-state index contributed by atoms with van der Waals surface area (Å²) in [5, 5.41) is 12.4. The lowest BCUT2D eigenvalue weighted by atomic mass is 10.1. The third-order valence-electron chi connectivity index (χ3n) is 3.41. The van der Waals surface area contributed by atoms with Crippen LogP contribution in [0.5, 0.6) is 0 Å². The molecule has 2 aromatic rings. The highest BCUT2D eigenvalue weighted by Gasteiger charge is 2.10. The van der Waals surface area contributed by atoms with E-state index in [2.05, 4.69) is 10.3 Å². The van der Waals surface area contributed by atoms with Gasteiger partial charge in [-0.1, -0.05) is 0 Å². The van der Waals surface area contributed by atoms with Crippen LogP contribution in [0.2, 0.25) is 0 Å². The molecule has 1 amide bonds. The number of hydrogen-bond acceptors (Lipinski definition) is 4. The van der Waals surface area contributed by atoms with Crippen molar-refractivity contribution in [2.45, 2.75) is 32.9 Å². The van der Waals surface area contributed by atoms with Crippen molar-refractivity contribution in [3.8, 4) is 0 Å². The second-order valence-corrected chi connectivity index (χ2v) is 5.52. The van der Waals surface area contributed by atoms with E-state index < -0.39 is 6.10 Å². The fourth-order valence-electron chi connectivity index (χ4n) is 2.18. The number of nitrogens with one attached hydrogen (secondary N) is 2. The lowest BCUT2D eigenvalue weighted by Gasteiger charge is -2.09. The molecule has 1 aromatic carbocycles. The van der Waals surface area contributed by atoms with Gasteiger partial charge in [-0.05, 0) is 50.7 Å². The molecule has 1 heterocycles. The number of aliphatic hydroxyl groups is 1. The average molecular weight is 321 g/mol. The van der Waals surface area contributed by atoms with Crippen LogP contribution in [0.4, 0.5) is 0 Å². The fraction of sp³-hybridized carbons (Fsp3) is 0.400. The van der Waals surface area contributed by atoms with Gasteiger partial charge in [0.2, 0.25) is 0 Å². The largest absolute Gasteiger partial charge is 0.393 e. The van der Waals surface area contributed by atoms with E-state index >= 15 is 0 Å². The van der Waals surface area contributed by atoms with Crippen LogP contribution in [0, 0.1) is 4.77 Å². The fourth-order valence-corrected chi connectivity index (χ4v) is 2.50. The molecular formula is C15H19N3O3S. The molecule has 0 unspecified atom stereocenters. The van der Waals surface area contributed by atoms with Gasteiger partial charge in [0.1, 0.15) is 0 Å². The summed E-state index contributed by atoms with van der Waals surface area (Å²) < 4.78 is 1.81. The summed E-state index contributed by atoms with van der Waals surface area (Å²) in [5.41, 5.74) is 0.822. The quantitative estimate of drug-likeness (QED) is 0.730. The van der Waals surface area contributed by atoms with Crippen LogP contribution in [-0.2, 0) is 6.54 Å². The summed E-state index contributed by atoms with van der Waals surface area (Å²) in [4.78, 5) is 27.3. The maximum absolute atomic E-state index is 12.3. The summed E-state index contributed by atoms with van der Waals surface area (Å²) in [6.07, 6.45) is 0.0312. The Morgan fingerprint density at radius 3 is 2.86 bits per heavy atom. The topological polar surface area (TPSA) is 87.1 Å². The maximum Gasteiger partial charge on any atom is 0.262 e. The first-order valence-electron chi connectivity index (χ1n) is 7.17. The second kappa shape index (κ2) is 6.85. The van der Waals surface area contributed by atoms with E-state index in [-0.39, 0.29) is 11.5 Å². The van der Waals surface area contributed by atoms with E-state index in [9.17, 15) is 14.7 Å². The zero-order valence-corrected chi connectivity index (χ0v) is 13.4. The Bertz CT molecular complexity index is 808. The summed E-state index contributed by atoms with van der Waals surface area (Å²) in [7, 11) is 0. The van der Waals surface area contributed by atoms with E-state index in [1.165, 1.54) is 4.57 Å². The van der Waals surface area contributed by atoms with Gasteiger partial charge in [-0.3, -0.25) is 14.2 Å². The average Bonchev–Trinajstić information content (AvgIpc) is 2.46. The van der Waals surface area contributed by atoms with Gasteiger partial charge in [0.25, 0.3) is 11.5 Å². The maximum atomic E-state index is 12.3. The number of H-pyrrole nitrogens is 1. The van der Waals surface area contributed by atoms with Crippen molar-refractivity contribution in [3.63, 3.8) is 0 Å². The zero-order valence-electron chi connectivity index (χ0n) is 12.5. The predicted octanol–water partition coefficient (Wildman–Crippen LogP) is 1.58. The Labute approximate surface area is 132 Å². The minimum Gasteiger partial charge on any atom is -0.393 e. The minimum atomic E-state index is -0.458. The monoisotopic (exact) mass is 321 g/mol. The van der Waals surface area contributed by atoms with Crippen LogP contribution < -0.4 is 10.9 Å². The lowest BCUT2D eigenvalue weighted by Crippen LogP contribution is -2.27. The summed E-state index contributed by atoms with van der Waals surface area (Å²) >= 11 is 5.15. The number of rotatable bonds is 5. The van der Waals surface area contributed by atoms with E-state index in [4.69, 9.17) is 12.2 Å². The molecule has 0 fully saturated rings. The summed E-state index contributed by atoms with van der Waals surface area (Å²) in [6.45, 7) is 4.40. The van der Waals surface area contributed by atoms with E-state index in [0.717, 1.165) is 0 Å². The molecule has 118 valence electrons. The molecule has 0 aliphatic rings. The normalized spacial score (nSPS) is 12.3. The molecule has 0 spiro atoms. The Kier molecular flexibility index (Phi) is 5.10. The van der Waals surface area contributed by atoms with Crippen molar-refractivity contribution >= 4 is 29.0 Å². The first-order valence-corrected chi connectivity index (χ1v) is 7.58. The van der Waals surface area contributed by atoms with Gasteiger partial charge < -0.3 is 15.4 Å². The smallest absolute Gasteiger partial charge is 0.262 e. The Hall–Kier alpha value is -1.99. The SMILES string of the molecule is CCn1c(=S)[nH]c2cc(C(=O)NCC[C@H](C)O)ccc2c1=O. The zero-order chi connectivity index (χ0) is 16.3. The molecule has 1 atom stereocenters. The number of aliphatic hydroxyl groups excluding tert-OH is 1. The molecule has 7 heteroatoms. The molecule has 3 N–H and O–H groups in total. The molecule has 6 nitrogen and oxygen atoms in total. The minimum absolute atomic E-state index is 0.165. The van der Waals surface area contributed by atoms with Gasteiger partial charge in [0.15, 0.2) is 4.77 Å². The Balaban J connectivity index is 2.33. The van der Waals surface area contributed by atoms with E-state index in [0.29, 0.717) is 40.7 Å². The highest BCUT2D eigenvalue weighted by molar-refractivity contribution is 7.71. The van der Waals surface area contributed by atoms with Crippen molar-refractivity contribution in [1.82, 2.24) is 14.9 Å². The number of hydrogen-bond donors (Lipinski definition) is 3. The number of carbonyl (C=O) groups excluding carboxylic acids is 1. The lowest BCUT2D eigenvalue weighted by molar-refractivity contribution is 0.0945. The van der Waals surface area contributed by atoms with Crippen LogP contribution in [0.3, 0.4) is 0 Å². The number of carbonyl (C=O) groups is 1. The highest BCUT2D eigenvalue weighted by atomic mass is 32.1. The van der Waals surface area contributed by atoms with Gasteiger partial charge in [0.05, 0.1) is 17.0 Å². The third-order valence-corrected chi connectivity index (χ3v) is 3.73. The van der Waals surface area contributed by atoms with Crippen LogP contribution in [0.1, 0.15) is 30.6 Å². The van der Waals surface area contributed by atoms with E-state index in [1.54, 1.807) is 25.1 Å². The third kappa shape index (κ3) is 3.42. The Morgan fingerprint density at radius 2 is 2.23 bits per heavy atom. The number of aromatic amines is 1. The molecule has 0 aliphatic heterocycles. The number of benzene rings is 1. The molecule has 0 radical (unpaired) electrons. The van der Waals surface area contributed by atoms with Crippen LogP contribution >= 0.6 is 12.2 Å². The molecule has 0 saturated heterocycles. The molecule has 2 rings (SSSR count). The number of aromatic nitrogens is 2. The highest BCUT2D eigenvalue weighted by Crippen LogP contribution is 2.11. The second-order valence-electron chi connectivity index (χ2n) is 5.13. The Morgan fingerprint density at radius 1 is 1.50 bits per heavy atom. The van der Waals surface area contributed by atoms with E-state index in [1.807, 2.05) is 6.92 Å². The van der Waals surface area contributed by atoms with Crippen LogP contribution in [-0.4, -0.2) is 33.2 Å². The van der Waals surface area contributed by atoms with Gasteiger partial charge in [-0.2, -0.15) is 0 Å².